The topological polar surface area (TPSA) is 58.4 Å². The molecule has 2 heterocycles. The monoisotopic (exact) mass is 381 g/mol. The summed E-state index contributed by atoms with van der Waals surface area (Å²) in [5.41, 5.74) is -0.966. The quantitative estimate of drug-likeness (QED) is 0.860. The third-order valence-electron chi connectivity index (χ3n) is 5.10. The van der Waals surface area contributed by atoms with Gasteiger partial charge in [0, 0.05) is 12.7 Å². The predicted molar refractivity (Wildman–Crippen MR) is 93.6 cm³/mol. The Bertz CT molecular complexity index is 819. The Balaban J connectivity index is 1.87. The molecule has 0 aliphatic carbocycles. The molecule has 1 aliphatic heterocycles. The number of alkyl halides is 3. The molecule has 1 N–H and O–H groups in total. The Hall–Kier alpha value is -2.35. The maximum atomic E-state index is 12.9. The number of hydrogen-bond acceptors (Lipinski definition) is 3. The molecule has 0 spiro atoms. The van der Waals surface area contributed by atoms with Gasteiger partial charge in [-0.2, -0.15) is 18.3 Å². The number of amides is 1. The molecule has 1 atom stereocenters. The fourth-order valence-corrected chi connectivity index (χ4v) is 3.77. The minimum atomic E-state index is -4.45. The molecule has 0 bridgehead atoms. The van der Waals surface area contributed by atoms with Crippen molar-refractivity contribution >= 4 is 5.91 Å². The third-order valence-corrected chi connectivity index (χ3v) is 5.10. The molecule has 146 valence electrons. The zero-order chi connectivity index (χ0) is 19.7. The minimum Gasteiger partial charge on any atom is -0.394 e. The molecular formula is C19H22F3N3O2. The summed E-state index contributed by atoms with van der Waals surface area (Å²) in [6.45, 7) is 2.43. The third kappa shape index (κ3) is 3.71. The molecule has 1 fully saturated rings. The average Bonchev–Trinajstić information content (AvgIpc) is 3.29. The van der Waals surface area contributed by atoms with Crippen LogP contribution in [0.4, 0.5) is 13.2 Å². The van der Waals surface area contributed by atoms with Crippen molar-refractivity contribution in [2.45, 2.75) is 44.3 Å². The molecular weight excluding hydrogens is 359 g/mol. The van der Waals surface area contributed by atoms with Crippen LogP contribution in [0.3, 0.4) is 0 Å². The Kier molecular flexibility index (Phi) is 5.28. The zero-order valence-corrected chi connectivity index (χ0v) is 15.0. The highest BCUT2D eigenvalue weighted by Crippen LogP contribution is 2.34. The molecule has 1 unspecified atom stereocenters. The van der Waals surface area contributed by atoms with Crippen molar-refractivity contribution in [2.24, 2.45) is 0 Å². The molecule has 1 aromatic carbocycles. The number of carbonyl (C=O) groups is 1. The first kappa shape index (κ1) is 19.4. The summed E-state index contributed by atoms with van der Waals surface area (Å²) < 4.78 is 40.0. The molecule has 1 amide bonds. The second-order valence-electron chi connectivity index (χ2n) is 6.89. The number of aliphatic hydroxyl groups excluding tert-OH is 1. The number of rotatable bonds is 5. The van der Waals surface area contributed by atoms with Gasteiger partial charge < -0.3 is 10.0 Å². The van der Waals surface area contributed by atoms with E-state index in [4.69, 9.17) is 0 Å². The number of halogens is 3. The van der Waals surface area contributed by atoms with Gasteiger partial charge in [-0.15, -0.1) is 0 Å². The Labute approximate surface area is 155 Å². The van der Waals surface area contributed by atoms with Crippen molar-refractivity contribution in [1.82, 2.24) is 14.7 Å². The van der Waals surface area contributed by atoms with E-state index in [2.05, 4.69) is 5.10 Å². The highest BCUT2D eigenvalue weighted by molar-refractivity contribution is 5.93. The number of aromatic nitrogens is 2. The molecule has 8 heteroatoms. The van der Waals surface area contributed by atoms with Gasteiger partial charge in [0.2, 0.25) is 0 Å². The summed E-state index contributed by atoms with van der Waals surface area (Å²) in [6.07, 6.45) is 0.0993. The molecule has 0 saturated carbocycles. The summed E-state index contributed by atoms with van der Waals surface area (Å²) >= 11 is 0. The van der Waals surface area contributed by atoms with Crippen LogP contribution in [0.1, 0.15) is 48.7 Å². The minimum absolute atomic E-state index is 0.110. The molecule has 27 heavy (non-hydrogen) atoms. The van der Waals surface area contributed by atoms with E-state index in [9.17, 15) is 23.1 Å². The van der Waals surface area contributed by atoms with E-state index in [1.165, 1.54) is 29.1 Å². The normalized spacial score (nSPS) is 20.3. The fourth-order valence-electron chi connectivity index (χ4n) is 3.77. The standard InChI is InChI=1S/C19H22F3N3O2/c1-2-8-18(13-26)9-4-10-24(18)17(27)16-7-11-25(23-16)15-6-3-5-14(12-15)19(20,21)22/h3,5-7,11-12,26H,2,4,8-10,13H2,1H3. The van der Waals surface area contributed by atoms with Crippen LogP contribution >= 0.6 is 0 Å². The largest absolute Gasteiger partial charge is 0.416 e. The number of likely N-dealkylation sites (tertiary alicyclic amines) is 1. The smallest absolute Gasteiger partial charge is 0.394 e. The first-order chi connectivity index (χ1) is 12.8. The number of aliphatic hydroxyl groups is 1. The van der Waals surface area contributed by atoms with Gasteiger partial charge in [0.25, 0.3) is 5.91 Å². The number of benzene rings is 1. The fraction of sp³-hybridized carbons (Fsp3) is 0.474. The van der Waals surface area contributed by atoms with E-state index < -0.39 is 17.3 Å². The van der Waals surface area contributed by atoms with Crippen molar-refractivity contribution in [3.8, 4) is 5.69 Å². The second-order valence-corrected chi connectivity index (χ2v) is 6.89. The van der Waals surface area contributed by atoms with Crippen LogP contribution in [0.15, 0.2) is 36.5 Å². The van der Waals surface area contributed by atoms with Crippen molar-refractivity contribution in [1.29, 1.82) is 0 Å². The van der Waals surface area contributed by atoms with Crippen molar-refractivity contribution < 1.29 is 23.1 Å². The molecule has 0 radical (unpaired) electrons. The van der Waals surface area contributed by atoms with E-state index in [1.54, 1.807) is 4.90 Å². The van der Waals surface area contributed by atoms with Crippen LogP contribution in [0.2, 0.25) is 0 Å². The van der Waals surface area contributed by atoms with Gasteiger partial charge in [-0.3, -0.25) is 4.79 Å². The summed E-state index contributed by atoms with van der Waals surface area (Å²) in [4.78, 5) is 14.6. The van der Waals surface area contributed by atoms with E-state index in [1.807, 2.05) is 6.92 Å². The van der Waals surface area contributed by atoms with E-state index in [0.29, 0.717) is 13.0 Å². The van der Waals surface area contributed by atoms with Gasteiger partial charge in [-0.25, -0.2) is 4.68 Å². The summed E-state index contributed by atoms with van der Waals surface area (Å²) in [7, 11) is 0. The van der Waals surface area contributed by atoms with Crippen LogP contribution in [0, 0.1) is 0 Å². The number of carbonyl (C=O) groups excluding carboxylic acids is 1. The van der Waals surface area contributed by atoms with Crippen LogP contribution in [0.5, 0.6) is 0 Å². The SMILES string of the molecule is CCCC1(CO)CCCN1C(=O)c1ccn(-c2cccc(C(F)(F)F)c2)n1. The lowest BCUT2D eigenvalue weighted by Crippen LogP contribution is -2.50. The maximum absolute atomic E-state index is 12.9. The van der Waals surface area contributed by atoms with Gasteiger partial charge in [-0.1, -0.05) is 19.4 Å². The molecule has 5 nitrogen and oxygen atoms in total. The number of nitrogens with zero attached hydrogens (tertiary/aromatic N) is 3. The Morgan fingerprint density at radius 1 is 1.33 bits per heavy atom. The number of hydrogen-bond donors (Lipinski definition) is 1. The van der Waals surface area contributed by atoms with Crippen LogP contribution in [0.25, 0.3) is 5.69 Å². The average molecular weight is 381 g/mol. The van der Waals surface area contributed by atoms with Crippen LogP contribution < -0.4 is 0 Å². The van der Waals surface area contributed by atoms with E-state index in [-0.39, 0.29) is 23.9 Å². The van der Waals surface area contributed by atoms with Crippen LogP contribution in [-0.2, 0) is 6.18 Å². The molecule has 1 aromatic heterocycles. The summed E-state index contributed by atoms with van der Waals surface area (Å²) in [6, 6.07) is 6.28. The lowest BCUT2D eigenvalue weighted by molar-refractivity contribution is -0.137. The Morgan fingerprint density at radius 3 is 2.78 bits per heavy atom. The summed E-state index contributed by atoms with van der Waals surface area (Å²) in [5.74, 6) is -0.305. The highest BCUT2D eigenvalue weighted by Gasteiger charge is 2.43. The van der Waals surface area contributed by atoms with Gasteiger partial charge in [-0.05, 0) is 43.5 Å². The van der Waals surface area contributed by atoms with Gasteiger partial charge in [0.15, 0.2) is 5.69 Å². The second kappa shape index (κ2) is 7.34. The Morgan fingerprint density at radius 2 is 2.11 bits per heavy atom. The van der Waals surface area contributed by atoms with Crippen molar-refractivity contribution in [3.05, 3.63) is 47.8 Å². The molecule has 2 aromatic rings. The van der Waals surface area contributed by atoms with Gasteiger partial charge in [0.05, 0.1) is 23.4 Å². The molecule has 1 aliphatic rings. The molecule has 3 rings (SSSR count). The lowest BCUT2D eigenvalue weighted by Gasteiger charge is -2.36. The van der Waals surface area contributed by atoms with E-state index >= 15 is 0 Å². The first-order valence-electron chi connectivity index (χ1n) is 8.97. The van der Waals surface area contributed by atoms with Gasteiger partial charge >= 0.3 is 6.18 Å². The van der Waals surface area contributed by atoms with Crippen molar-refractivity contribution in [2.75, 3.05) is 13.2 Å². The summed E-state index contributed by atoms with van der Waals surface area (Å²) in [5, 5.41) is 14.1. The lowest BCUT2D eigenvalue weighted by atomic mass is 9.91. The van der Waals surface area contributed by atoms with E-state index in [0.717, 1.165) is 31.4 Å². The van der Waals surface area contributed by atoms with Gasteiger partial charge in [0.1, 0.15) is 0 Å². The first-order valence-corrected chi connectivity index (χ1v) is 8.97. The highest BCUT2D eigenvalue weighted by atomic mass is 19.4. The zero-order valence-electron chi connectivity index (χ0n) is 15.0. The maximum Gasteiger partial charge on any atom is 0.416 e. The molecule has 1 saturated heterocycles. The van der Waals surface area contributed by atoms with Crippen molar-refractivity contribution in [3.63, 3.8) is 0 Å². The predicted octanol–water partition coefficient (Wildman–Crippen LogP) is 3.66. The van der Waals surface area contributed by atoms with Crippen LogP contribution in [-0.4, -0.2) is 44.4 Å².